The second-order valence-corrected chi connectivity index (χ2v) is 14.3. The Morgan fingerprint density at radius 1 is 1.12 bits per heavy atom. The van der Waals surface area contributed by atoms with E-state index in [1.807, 2.05) is 13.1 Å². The number of morpholine rings is 1. The van der Waals surface area contributed by atoms with Crippen molar-refractivity contribution < 1.29 is 24.1 Å². The number of nitrogens with zero attached hydrogens (tertiary/aromatic N) is 5. The number of hydrogen-bond acceptors (Lipinski definition) is 12. The van der Waals surface area contributed by atoms with Gasteiger partial charge in [0.25, 0.3) is 0 Å². The number of likely N-dealkylation sites (tertiary alicyclic amines) is 1. The summed E-state index contributed by atoms with van der Waals surface area (Å²) >= 11 is 1.11. The van der Waals surface area contributed by atoms with Crippen LogP contribution < -0.4 is 19.8 Å². The van der Waals surface area contributed by atoms with Gasteiger partial charge < -0.3 is 39.4 Å². The molecule has 0 bridgehead atoms. The average molecular weight is 720 g/mol. The van der Waals surface area contributed by atoms with Crippen LogP contribution in [-0.4, -0.2) is 121 Å². The number of aromatic amines is 1. The number of amides is 1. The van der Waals surface area contributed by atoms with E-state index in [0.29, 0.717) is 63.2 Å². The zero-order chi connectivity index (χ0) is 35.6. The number of carbonyl (C=O) groups excluding carboxylic acids is 1. The number of phenols is 1. The highest BCUT2D eigenvalue weighted by atomic mass is 32.1. The summed E-state index contributed by atoms with van der Waals surface area (Å²) in [6.07, 6.45) is 5.54. The number of rotatable bonds is 16. The number of likely N-dealkylation sites (N-methyl/N-ethyl adjacent to an activating group) is 1. The lowest BCUT2D eigenvalue weighted by Gasteiger charge is -2.47. The number of phenolic OH excluding ortho intramolecular Hbond substituents is 1. The first kappa shape index (κ1) is 36.7. The molecule has 1 spiro atoms. The van der Waals surface area contributed by atoms with Crippen LogP contribution in [0.5, 0.6) is 11.6 Å². The van der Waals surface area contributed by atoms with Gasteiger partial charge in [-0.15, -0.1) is 0 Å². The predicted molar refractivity (Wildman–Crippen MR) is 198 cm³/mol. The lowest BCUT2D eigenvalue weighted by atomic mass is 9.89. The van der Waals surface area contributed by atoms with E-state index in [1.165, 1.54) is 11.1 Å². The molecular formula is C37H49N7O6S. The van der Waals surface area contributed by atoms with Crippen LogP contribution in [0.15, 0.2) is 53.5 Å². The molecule has 2 aromatic heterocycles. The second kappa shape index (κ2) is 17.4. The fraction of sp³-hybridized carbons (Fsp3) is 0.514. The van der Waals surface area contributed by atoms with Crippen molar-refractivity contribution >= 4 is 33.4 Å². The minimum Gasteiger partial charge on any atom is -0.506 e. The average Bonchev–Trinajstić information content (AvgIpc) is 3.56. The van der Waals surface area contributed by atoms with E-state index in [1.54, 1.807) is 30.3 Å². The zero-order valence-corrected chi connectivity index (χ0v) is 30.4. The molecule has 4 aromatic rings. The number of nitrogens with one attached hydrogen (secondary N) is 2. The molecule has 274 valence electrons. The van der Waals surface area contributed by atoms with Crippen molar-refractivity contribution in [1.29, 1.82) is 0 Å². The summed E-state index contributed by atoms with van der Waals surface area (Å²) in [4.78, 5) is 42.3. The Balaban J connectivity index is 0.844. The number of methoxy groups -OCH3 is 1. The van der Waals surface area contributed by atoms with E-state index in [-0.39, 0.29) is 22.1 Å². The smallest absolute Gasteiger partial charge is 0.305 e. The minimum atomic E-state index is -0.178. The van der Waals surface area contributed by atoms with Crippen LogP contribution in [0.1, 0.15) is 36.0 Å². The van der Waals surface area contributed by atoms with Gasteiger partial charge in [-0.2, -0.15) is 4.98 Å². The molecule has 51 heavy (non-hydrogen) atoms. The van der Waals surface area contributed by atoms with Gasteiger partial charge in [-0.25, -0.2) is 4.98 Å². The van der Waals surface area contributed by atoms with Gasteiger partial charge in [-0.1, -0.05) is 41.7 Å². The maximum absolute atomic E-state index is 12.6. The molecule has 0 atom stereocenters. The third-order valence-electron chi connectivity index (χ3n) is 9.78. The van der Waals surface area contributed by atoms with Crippen molar-refractivity contribution in [3.8, 4) is 11.6 Å². The molecule has 2 aliphatic rings. The summed E-state index contributed by atoms with van der Waals surface area (Å²) in [5.41, 5.74) is 3.86. The maximum atomic E-state index is 12.6. The molecule has 1 amide bonds. The number of H-pyrrole nitrogens is 1. The molecule has 2 saturated heterocycles. The van der Waals surface area contributed by atoms with E-state index in [4.69, 9.17) is 14.2 Å². The van der Waals surface area contributed by atoms with Gasteiger partial charge in [0.15, 0.2) is 0 Å². The number of aromatic nitrogens is 3. The topological polar surface area (TPSA) is 145 Å². The number of piperidine rings is 1. The molecule has 2 fully saturated rings. The van der Waals surface area contributed by atoms with Crippen LogP contribution in [0.3, 0.4) is 0 Å². The summed E-state index contributed by atoms with van der Waals surface area (Å²) in [5, 5.41) is 13.3. The van der Waals surface area contributed by atoms with Gasteiger partial charge in [0.05, 0.1) is 50.2 Å². The Kier molecular flexibility index (Phi) is 12.5. The van der Waals surface area contributed by atoms with Gasteiger partial charge >= 0.3 is 4.87 Å². The summed E-state index contributed by atoms with van der Waals surface area (Å²) in [6.45, 7) is 8.00. The Hall–Kier alpha value is -4.08. The quantitative estimate of drug-likeness (QED) is 0.147. The summed E-state index contributed by atoms with van der Waals surface area (Å²) in [7, 11) is 3.44. The second-order valence-electron chi connectivity index (χ2n) is 13.3. The van der Waals surface area contributed by atoms with Crippen molar-refractivity contribution in [1.82, 2.24) is 30.1 Å². The number of aromatic hydroxyl groups is 1. The number of hydrogen-bond donors (Lipinski definition) is 3. The van der Waals surface area contributed by atoms with E-state index in [0.717, 1.165) is 80.0 Å². The van der Waals surface area contributed by atoms with Gasteiger partial charge in [-0.3, -0.25) is 14.5 Å². The molecule has 2 aromatic carbocycles. The van der Waals surface area contributed by atoms with Crippen molar-refractivity contribution in [2.24, 2.45) is 0 Å². The number of benzene rings is 2. The van der Waals surface area contributed by atoms with Crippen molar-refractivity contribution in [3.63, 3.8) is 0 Å². The molecule has 4 heterocycles. The summed E-state index contributed by atoms with van der Waals surface area (Å²) in [6, 6.07) is 13.9. The Morgan fingerprint density at radius 2 is 1.96 bits per heavy atom. The highest BCUT2D eigenvalue weighted by Crippen LogP contribution is 2.32. The molecule has 0 saturated carbocycles. The van der Waals surface area contributed by atoms with Gasteiger partial charge in [-0.05, 0) is 55.0 Å². The van der Waals surface area contributed by atoms with E-state index >= 15 is 0 Å². The molecule has 3 N–H and O–H groups in total. The van der Waals surface area contributed by atoms with Crippen LogP contribution in [0, 0.1) is 0 Å². The van der Waals surface area contributed by atoms with Crippen LogP contribution in [0.4, 0.5) is 5.95 Å². The molecular weight excluding hydrogens is 671 g/mol. The van der Waals surface area contributed by atoms with E-state index < -0.39 is 0 Å². The molecule has 0 aliphatic carbocycles. The summed E-state index contributed by atoms with van der Waals surface area (Å²) in [5.74, 6) is 1.41. The molecule has 6 rings (SSSR count). The number of thiazole rings is 1. The molecule has 0 radical (unpaired) electrons. The van der Waals surface area contributed by atoms with Gasteiger partial charge in [0.2, 0.25) is 17.7 Å². The van der Waals surface area contributed by atoms with E-state index in [2.05, 4.69) is 54.3 Å². The Labute approximate surface area is 302 Å². The molecule has 0 unspecified atom stereocenters. The Morgan fingerprint density at radius 3 is 2.80 bits per heavy atom. The fourth-order valence-electron chi connectivity index (χ4n) is 6.81. The molecule has 13 nitrogen and oxygen atoms in total. The standard InChI is InChI=1S/C37H49N7O6S/c1-42(19-16-38-14-8-29-6-7-30(45)33-34(29)51-36(47)41-33)32(46)11-22-49-21-10-27-4-3-5-28(24-27)25-43-17-12-37(13-18-43)26-44(20-23-50-37)35-39-15-9-31(40-35)48-2/h3-7,9,15,24,38,45H,8,10-14,16-23,25-26H2,1-2H3,(H,41,47). The van der Waals surface area contributed by atoms with Crippen molar-refractivity contribution in [2.45, 2.75) is 44.2 Å². The lowest BCUT2D eigenvalue weighted by Crippen LogP contribution is -2.57. The van der Waals surface area contributed by atoms with Crippen molar-refractivity contribution in [2.75, 3.05) is 84.7 Å². The summed E-state index contributed by atoms with van der Waals surface area (Å²) < 4.78 is 18.3. The highest BCUT2D eigenvalue weighted by molar-refractivity contribution is 7.16. The largest absolute Gasteiger partial charge is 0.506 e. The van der Waals surface area contributed by atoms with Crippen LogP contribution in [0.2, 0.25) is 0 Å². The van der Waals surface area contributed by atoms with Crippen LogP contribution in [0.25, 0.3) is 10.2 Å². The Bertz CT molecular complexity index is 1810. The lowest BCUT2D eigenvalue weighted by molar-refractivity contribution is -0.131. The number of anilines is 1. The normalized spacial score (nSPS) is 16.2. The molecule has 14 heteroatoms. The highest BCUT2D eigenvalue weighted by Gasteiger charge is 2.40. The number of ether oxygens (including phenoxy) is 3. The minimum absolute atomic E-state index is 0.0550. The third-order valence-corrected chi connectivity index (χ3v) is 10.7. The first-order valence-electron chi connectivity index (χ1n) is 17.7. The van der Waals surface area contributed by atoms with Gasteiger partial charge in [0, 0.05) is 58.6 Å². The number of fused-ring (bicyclic) bond motifs is 1. The van der Waals surface area contributed by atoms with E-state index in [9.17, 15) is 14.7 Å². The van der Waals surface area contributed by atoms with Crippen molar-refractivity contribution in [3.05, 3.63) is 75.0 Å². The SMILES string of the molecule is COc1ccnc(N2CCOC3(CCN(Cc4cccc(CCOCCC(=O)N(C)CCNCCc5ccc(O)c6[nH]c(=O)sc56)c4)CC3)C2)n1. The van der Waals surface area contributed by atoms with Crippen LogP contribution in [-0.2, 0) is 33.7 Å². The monoisotopic (exact) mass is 719 g/mol. The zero-order valence-electron chi connectivity index (χ0n) is 29.6. The first-order valence-corrected chi connectivity index (χ1v) is 18.5. The predicted octanol–water partition coefficient (Wildman–Crippen LogP) is 3.21. The molecule has 2 aliphatic heterocycles. The number of carbonyl (C=O) groups is 1. The fourth-order valence-corrected chi connectivity index (χ4v) is 7.71. The maximum Gasteiger partial charge on any atom is 0.305 e. The van der Waals surface area contributed by atoms with Crippen LogP contribution >= 0.6 is 11.3 Å². The van der Waals surface area contributed by atoms with Gasteiger partial charge in [0.1, 0.15) is 11.3 Å². The first-order chi connectivity index (χ1) is 24.8. The third kappa shape index (κ3) is 9.83.